The Bertz CT molecular complexity index is 995. The van der Waals surface area contributed by atoms with Crippen LogP contribution >= 0.6 is 22.6 Å². The maximum absolute atomic E-state index is 12.4. The Hall–Kier alpha value is -2.22. The average Bonchev–Trinajstić information content (AvgIpc) is 2.55. The molecule has 0 saturated carbocycles. The largest absolute Gasteiger partial charge is 0.326 e. The van der Waals surface area contributed by atoms with Gasteiger partial charge in [-0.3, -0.25) is 9.59 Å². The summed E-state index contributed by atoms with van der Waals surface area (Å²) in [7, 11) is 1.60. The van der Waals surface area contributed by atoms with Crippen LogP contribution in [0.5, 0.6) is 0 Å². The number of hydrogen-bond acceptors (Lipinski definition) is 3. The highest BCUT2D eigenvalue weighted by atomic mass is 127. The van der Waals surface area contributed by atoms with Crippen molar-refractivity contribution < 1.29 is 4.79 Å². The van der Waals surface area contributed by atoms with Gasteiger partial charge in [-0.25, -0.2) is 4.68 Å². The molecule has 1 aromatic heterocycles. The summed E-state index contributed by atoms with van der Waals surface area (Å²) < 4.78 is 2.40. The number of benzene rings is 2. The zero-order valence-electron chi connectivity index (χ0n) is 13.3. The topological polar surface area (TPSA) is 64.0 Å². The van der Waals surface area contributed by atoms with E-state index in [4.69, 9.17) is 0 Å². The van der Waals surface area contributed by atoms with Gasteiger partial charge < -0.3 is 5.32 Å². The fourth-order valence-corrected chi connectivity index (χ4v) is 3.27. The maximum Gasteiger partial charge on any atom is 0.274 e. The van der Waals surface area contributed by atoms with Crippen LogP contribution in [-0.4, -0.2) is 15.7 Å². The minimum atomic E-state index is -0.164. The Kier molecular flexibility index (Phi) is 4.66. The van der Waals surface area contributed by atoms with Gasteiger partial charge in [0.25, 0.3) is 5.56 Å². The molecule has 0 fully saturated rings. The van der Waals surface area contributed by atoms with Gasteiger partial charge in [-0.1, -0.05) is 18.2 Å². The molecule has 5 nitrogen and oxygen atoms in total. The number of nitrogens with one attached hydrogen (secondary N) is 1. The number of halogens is 1. The van der Waals surface area contributed by atoms with E-state index in [2.05, 4.69) is 33.0 Å². The molecule has 0 atom stereocenters. The third-order valence-corrected chi connectivity index (χ3v) is 4.49. The summed E-state index contributed by atoms with van der Waals surface area (Å²) in [5.41, 5.74) is 2.22. The second-order valence-corrected chi connectivity index (χ2v) is 6.85. The predicted molar refractivity (Wildman–Crippen MR) is 103 cm³/mol. The Morgan fingerprint density at radius 3 is 2.62 bits per heavy atom. The molecule has 0 saturated heterocycles. The Morgan fingerprint density at radius 1 is 1.21 bits per heavy atom. The highest BCUT2D eigenvalue weighted by Gasteiger charge is 2.13. The Labute approximate surface area is 152 Å². The van der Waals surface area contributed by atoms with Crippen LogP contribution in [0.1, 0.15) is 11.3 Å². The summed E-state index contributed by atoms with van der Waals surface area (Å²) in [6, 6.07) is 13.1. The number of carbonyl (C=O) groups excluding carboxylic acids is 1. The number of amides is 1. The number of hydrogen-bond donors (Lipinski definition) is 1. The molecule has 24 heavy (non-hydrogen) atoms. The molecule has 3 rings (SSSR count). The minimum Gasteiger partial charge on any atom is -0.326 e. The molecule has 0 spiro atoms. The first-order valence-corrected chi connectivity index (χ1v) is 8.54. The van der Waals surface area contributed by atoms with Gasteiger partial charge in [0.2, 0.25) is 5.91 Å². The van der Waals surface area contributed by atoms with E-state index >= 15 is 0 Å². The Balaban J connectivity index is 1.91. The lowest BCUT2D eigenvalue weighted by atomic mass is 10.1. The van der Waals surface area contributed by atoms with E-state index < -0.39 is 0 Å². The van der Waals surface area contributed by atoms with E-state index in [-0.39, 0.29) is 17.9 Å². The SMILES string of the molecule is Cc1cc(I)ccc1NC(=O)Cc1nn(C)c(=O)c2ccccc12. The fourth-order valence-electron chi connectivity index (χ4n) is 2.62. The van der Waals surface area contributed by atoms with Gasteiger partial charge in [0, 0.05) is 21.7 Å². The molecule has 1 N–H and O–H groups in total. The van der Waals surface area contributed by atoms with Crippen molar-refractivity contribution in [2.45, 2.75) is 13.3 Å². The number of aryl methyl sites for hydroxylation is 2. The molecule has 0 bridgehead atoms. The lowest BCUT2D eigenvalue weighted by Gasteiger charge is -2.10. The summed E-state index contributed by atoms with van der Waals surface area (Å²) in [6.07, 6.45) is 0.111. The van der Waals surface area contributed by atoms with Crippen molar-refractivity contribution >= 4 is 45.0 Å². The first-order chi connectivity index (χ1) is 11.5. The highest BCUT2D eigenvalue weighted by Crippen LogP contribution is 2.19. The van der Waals surface area contributed by atoms with Crippen LogP contribution in [0.4, 0.5) is 5.69 Å². The van der Waals surface area contributed by atoms with E-state index in [0.29, 0.717) is 11.1 Å². The third kappa shape index (κ3) is 3.33. The lowest BCUT2D eigenvalue weighted by Crippen LogP contribution is -2.24. The molecule has 1 heterocycles. The van der Waals surface area contributed by atoms with Crippen molar-refractivity contribution in [3.8, 4) is 0 Å². The van der Waals surface area contributed by atoms with E-state index in [9.17, 15) is 9.59 Å². The van der Waals surface area contributed by atoms with Gasteiger partial charge >= 0.3 is 0 Å². The molecule has 2 aromatic carbocycles. The quantitative estimate of drug-likeness (QED) is 0.646. The molecule has 122 valence electrons. The average molecular weight is 433 g/mol. The zero-order valence-corrected chi connectivity index (χ0v) is 15.5. The monoisotopic (exact) mass is 433 g/mol. The summed E-state index contributed by atoms with van der Waals surface area (Å²) in [4.78, 5) is 24.6. The molecule has 1 amide bonds. The van der Waals surface area contributed by atoms with Crippen molar-refractivity contribution in [2.24, 2.45) is 7.05 Å². The molecule has 3 aromatic rings. The van der Waals surface area contributed by atoms with Gasteiger partial charge in [-0.2, -0.15) is 5.10 Å². The summed E-state index contributed by atoms with van der Waals surface area (Å²) in [5, 5.41) is 8.47. The fraction of sp³-hybridized carbons (Fsp3) is 0.167. The van der Waals surface area contributed by atoms with Crippen molar-refractivity contribution in [3.63, 3.8) is 0 Å². The van der Waals surface area contributed by atoms with Crippen molar-refractivity contribution in [2.75, 3.05) is 5.32 Å². The highest BCUT2D eigenvalue weighted by molar-refractivity contribution is 14.1. The van der Waals surface area contributed by atoms with Gasteiger partial charge in [0.05, 0.1) is 17.5 Å². The number of aromatic nitrogens is 2. The van der Waals surface area contributed by atoms with Crippen LogP contribution in [0.2, 0.25) is 0 Å². The number of rotatable bonds is 3. The number of fused-ring (bicyclic) bond motifs is 1. The first-order valence-electron chi connectivity index (χ1n) is 7.46. The Morgan fingerprint density at radius 2 is 1.92 bits per heavy atom. The molecule has 0 unspecified atom stereocenters. The second kappa shape index (κ2) is 6.72. The van der Waals surface area contributed by atoms with Gasteiger partial charge in [-0.15, -0.1) is 0 Å². The van der Waals surface area contributed by atoms with E-state index in [1.165, 1.54) is 4.68 Å². The molecule has 0 radical (unpaired) electrons. The van der Waals surface area contributed by atoms with Crippen LogP contribution in [0.3, 0.4) is 0 Å². The van der Waals surface area contributed by atoms with Gasteiger partial charge in [-0.05, 0) is 59.3 Å². The summed E-state index contributed by atoms with van der Waals surface area (Å²) >= 11 is 2.24. The summed E-state index contributed by atoms with van der Waals surface area (Å²) in [6.45, 7) is 1.96. The number of carbonyl (C=O) groups is 1. The van der Waals surface area contributed by atoms with E-state index in [1.54, 1.807) is 13.1 Å². The van der Waals surface area contributed by atoms with Crippen molar-refractivity contribution in [1.82, 2.24) is 9.78 Å². The van der Waals surface area contributed by atoms with Crippen LogP contribution < -0.4 is 10.9 Å². The number of anilines is 1. The van der Waals surface area contributed by atoms with Crippen LogP contribution in [0, 0.1) is 10.5 Å². The van der Waals surface area contributed by atoms with Gasteiger partial charge in [0.15, 0.2) is 0 Å². The minimum absolute atomic E-state index is 0.111. The van der Waals surface area contributed by atoms with Crippen LogP contribution in [-0.2, 0) is 18.3 Å². The van der Waals surface area contributed by atoms with Crippen molar-refractivity contribution in [1.29, 1.82) is 0 Å². The molecule has 0 aliphatic rings. The van der Waals surface area contributed by atoms with Crippen LogP contribution in [0.15, 0.2) is 47.3 Å². The first kappa shape index (κ1) is 16.6. The van der Waals surface area contributed by atoms with Crippen molar-refractivity contribution in [3.05, 3.63) is 67.6 Å². The third-order valence-electron chi connectivity index (χ3n) is 3.82. The summed E-state index contributed by atoms with van der Waals surface area (Å²) in [5.74, 6) is -0.157. The predicted octanol–water partition coefficient (Wildman–Crippen LogP) is 3.03. The molecule has 0 aliphatic heterocycles. The molecular formula is C18H16IN3O2. The molecule has 0 aliphatic carbocycles. The smallest absolute Gasteiger partial charge is 0.274 e. The molecule has 6 heteroatoms. The van der Waals surface area contributed by atoms with Crippen LogP contribution in [0.25, 0.3) is 10.8 Å². The van der Waals surface area contributed by atoms with E-state index in [0.717, 1.165) is 20.2 Å². The maximum atomic E-state index is 12.4. The lowest BCUT2D eigenvalue weighted by molar-refractivity contribution is -0.115. The van der Waals surface area contributed by atoms with E-state index in [1.807, 2.05) is 43.3 Å². The second-order valence-electron chi connectivity index (χ2n) is 5.61. The van der Waals surface area contributed by atoms with Gasteiger partial charge in [0.1, 0.15) is 0 Å². The number of nitrogens with zero attached hydrogens (tertiary/aromatic N) is 2. The zero-order chi connectivity index (χ0) is 17.3. The standard InChI is InChI=1S/C18H16IN3O2/c1-11-9-12(19)7-8-15(11)20-17(23)10-16-13-5-3-4-6-14(13)18(24)22(2)21-16/h3-9H,10H2,1-2H3,(H,20,23). The normalized spacial score (nSPS) is 10.8. The molecular weight excluding hydrogens is 417 g/mol.